The zero-order valence-corrected chi connectivity index (χ0v) is 16.8. The number of benzene rings is 3. The standard InChI is InChI=1S/C24H24N2O4/c1-29-22-13-11-21(12-14-22)26-24(28)19-7-9-20(10-8-19)25-23(27)15-16-30-17-18-5-3-2-4-6-18/h2-14H,15-17H2,1H3,(H,25,27)(H,26,28). The van der Waals surface area contributed by atoms with Crippen molar-refractivity contribution in [2.24, 2.45) is 0 Å². The molecule has 30 heavy (non-hydrogen) atoms. The predicted molar refractivity (Wildman–Crippen MR) is 117 cm³/mol. The van der Waals surface area contributed by atoms with Gasteiger partial charge in [0.1, 0.15) is 5.75 Å². The number of carbonyl (C=O) groups excluding carboxylic acids is 2. The number of ether oxygens (including phenoxy) is 2. The summed E-state index contributed by atoms with van der Waals surface area (Å²) in [5.74, 6) is 0.351. The van der Waals surface area contributed by atoms with Crippen LogP contribution in [0.25, 0.3) is 0 Å². The van der Waals surface area contributed by atoms with Gasteiger partial charge in [-0.15, -0.1) is 0 Å². The van der Waals surface area contributed by atoms with Crippen LogP contribution < -0.4 is 15.4 Å². The zero-order valence-electron chi connectivity index (χ0n) is 16.8. The highest BCUT2D eigenvalue weighted by Crippen LogP contribution is 2.17. The van der Waals surface area contributed by atoms with Gasteiger partial charge < -0.3 is 20.1 Å². The Balaban J connectivity index is 1.42. The summed E-state index contributed by atoms with van der Waals surface area (Å²) in [6, 6.07) is 23.6. The van der Waals surface area contributed by atoms with Gasteiger partial charge in [-0.25, -0.2) is 0 Å². The van der Waals surface area contributed by atoms with E-state index in [0.717, 1.165) is 11.3 Å². The summed E-state index contributed by atoms with van der Waals surface area (Å²) in [6.45, 7) is 0.815. The lowest BCUT2D eigenvalue weighted by Crippen LogP contribution is -2.15. The molecular weight excluding hydrogens is 380 g/mol. The Hall–Kier alpha value is -3.64. The first-order valence-electron chi connectivity index (χ1n) is 9.61. The fourth-order valence-electron chi connectivity index (χ4n) is 2.74. The second-order valence-corrected chi connectivity index (χ2v) is 6.60. The molecule has 0 aliphatic rings. The van der Waals surface area contributed by atoms with E-state index in [1.807, 2.05) is 30.3 Å². The van der Waals surface area contributed by atoms with Gasteiger partial charge in [0.25, 0.3) is 5.91 Å². The molecule has 3 aromatic rings. The second-order valence-electron chi connectivity index (χ2n) is 6.60. The van der Waals surface area contributed by atoms with E-state index < -0.39 is 0 Å². The number of methoxy groups -OCH3 is 1. The molecule has 2 amide bonds. The number of anilines is 2. The van der Waals surface area contributed by atoms with Crippen LogP contribution >= 0.6 is 0 Å². The number of rotatable bonds is 9. The zero-order chi connectivity index (χ0) is 21.2. The number of hydrogen-bond donors (Lipinski definition) is 2. The minimum atomic E-state index is -0.229. The largest absolute Gasteiger partial charge is 0.497 e. The van der Waals surface area contributed by atoms with E-state index in [2.05, 4.69) is 10.6 Å². The highest BCUT2D eigenvalue weighted by molar-refractivity contribution is 6.04. The third-order valence-corrected chi connectivity index (χ3v) is 4.36. The minimum Gasteiger partial charge on any atom is -0.497 e. The van der Waals surface area contributed by atoms with Gasteiger partial charge in [0, 0.05) is 16.9 Å². The van der Waals surface area contributed by atoms with Crippen LogP contribution in [-0.2, 0) is 16.1 Å². The van der Waals surface area contributed by atoms with E-state index in [-0.39, 0.29) is 18.2 Å². The van der Waals surface area contributed by atoms with Gasteiger partial charge in [0.15, 0.2) is 0 Å². The van der Waals surface area contributed by atoms with Crippen LogP contribution in [0.4, 0.5) is 11.4 Å². The fourth-order valence-corrected chi connectivity index (χ4v) is 2.74. The molecule has 2 N–H and O–H groups in total. The van der Waals surface area contributed by atoms with Gasteiger partial charge in [0.05, 0.1) is 26.7 Å². The maximum absolute atomic E-state index is 12.3. The van der Waals surface area contributed by atoms with E-state index >= 15 is 0 Å². The van der Waals surface area contributed by atoms with Crippen LogP contribution in [0.5, 0.6) is 5.75 Å². The van der Waals surface area contributed by atoms with E-state index in [4.69, 9.17) is 9.47 Å². The molecule has 0 radical (unpaired) electrons. The Morgan fingerprint density at radius 2 is 1.43 bits per heavy atom. The topological polar surface area (TPSA) is 76.7 Å². The summed E-state index contributed by atoms with van der Waals surface area (Å²) in [7, 11) is 1.59. The molecule has 0 saturated heterocycles. The summed E-state index contributed by atoms with van der Waals surface area (Å²) in [6.07, 6.45) is 0.256. The molecule has 0 aliphatic heterocycles. The summed E-state index contributed by atoms with van der Waals surface area (Å²) in [4.78, 5) is 24.4. The van der Waals surface area contributed by atoms with Gasteiger partial charge >= 0.3 is 0 Å². The number of hydrogen-bond acceptors (Lipinski definition) is 4. The SMILES string of the molecule is COc1ccc(NC(=O)c2ccc(NC(=O)CCOCc3ccccc3)cc2)cc1. The first-order chi connectivity index (χ1) is 14.6. The van der Waals surface area contributed by atoms with Gasteiger partial charge in [0.2, 0.25) is 5.91 Å². The lowest BCUT2D eigenvalue weighted by Gasteiger charge is -2.09. The van der Waals surface area contributed by atoms with Crippen molar-refractivity contribution in [3.05, 3.63) is 90.0 Å². The Morgan fingerprint density at radius 3 is 2.10 bits per heavy atom. The summed E-state index contributed by atoms with van der Waals surface area (Å²) in [5, 5.41) is 5.62. The van der Waals surface area contributed by atoms with Gasteiger partial charge in [-0.2, -0.15) is 0 Å². The Kier molecular flexibility index (Phi) is 7.58. The van der Waals surface area contributed by atoms with E-state index in [0.29, 0.717) is 30.2 Å². The number of amides is 2. The van der Waals surface area contributed by atoms with Crippen LogP contribution in [0.3, 0.4) is 0 Å². The monoisotopic (exact) mass is 404 g/mol. The van der Waals surface area contributed by atoms with Crippen molar-refractivity contribution in [3.8, 4) is 5.75 Å². The molecule has 0 aromatic heterocycles. The molecule has 0 fully saturated rings. The van der Waals surface area contributed by atoms with Gasteiger partial charge in [-0.1, -0.05) is 30.3 Å². The number of carbonyl (C=O) groups is 2. The van der Waals surface area contributed by atoms with Crippen molar-refractivity contribution in [2.45, 2.75) is 13.0 Å². The molecule has 6 heteroatoms. The first kappa shape index (κ1) is 21.1. The Bertz CT molecular complexity index is 955. The number of nitrogens with one attached hydrogen (secondary N) is 2. The third kappa shape index (κ3) is 6.46. The molecule has 0 atom stereocenters. The first-order valence-corrected chi connectivity index (χ1v) is 9.61. The summed E-state index contributed by atoms with van der Waals surface area (Å²) in [5.41, 5.74) is 2.87. The van der Waals surface area contributed by atoms with Crippen molar-refractivity contribution < 1.29 is 19.1 Å². The minimum absolute atomic E-state index is 0.140. The van der Waals surface area contributed by atoms with Gasteiger partial charge in [-0.3, -0.25) is 9.59 Å². The Morgan fingerprint density at radius 1 is 0.800 bits per heavy atom. The average molecular weight is 404 g/mol. The van der Waals surface area contributed by atoms with Gasteiger partial charge in [-0.05, 0) is 54.1 Å². The summed E-state index contributed by atoms with van der Waals surface area (Å²) >= 11 is 0. The molecule has 0 bridgehead atoms. The molecule has 0 saturated carbocycles. The van der Waals surface area contributed by atoms with Crippen LogP contribution in [0, 0.1) is 0 Å². The predicted octanol–water partition coefficient (Wildman–Crippen LogP) is 4.49. The van der Waals surface area contributed by atoms with Crippen LogP contribution in [0.1, 0.15) is 22.3 Å². The fraction of sp³-hybridized carbons (Fsp3) is 0.167. The third-order valence-electron chi connectivity index (χ3n) is 4.36. The lowest BCUT2D eigenvalue weighted by molar-refractivity contribution is -0.117. The van der Waals surface area contributed by atoms with E-state index in [1.165, 1.54) is 0 Å². The molecule has 0 unspecified atom stereocenters. The van der Waals surface area contributed by atoms with Crippen molar-refractivity contribution >= 4 is 23.2 Å². The van der Waals surface area contributed by atoms with E-state index in [9.17, 15) is 9.59 Å². The highest BCUT2D eigenvalue weighted by Gasteiger charge is 2.08. The highest BCUT2D eigenvalue weighted by atomic mass is 16.5. The summed E-state index contributed by atoms with van der Waals surface area (Å²) < 4.78 is 10.6. The molecule has 0 aliphatic carbocycles. The molecule has 6 nitrogen and oxygen atoms in total. The molecule has 154 valence electrons. The van der Waals surface area contributed by atoms with Crippen molar-refractivity contribution in [3.63, 3.8) is 0 Å². The normalized spacial score (nSPS) is 10.3. The van der Waals surface area contributed by atoms with Crippen LogP contribution in [-0.4, -0.2) is 25.5 Å². The molecule has 0 spiro atoms. The maximum atomic E-state index is 12.3. The smallest absolute Gasteiger partial charge is 0.255 e. The molecular formula is C24H24N2O4. The molecule has 3 rings (SSSR count). The quantitative estimate of drug-likeness (QED) is 0.515. The van der Waals surface area contributed by atoms with Crippen LogP contribution in [0.2, 0.25) is 0 Å². The lowest BCUT2D eigenvalue weighted by atomic mass is 10.2. The van der Waals surface area contributed by atoms with Crippen molar-refractivity contribution in [1.82, 2.24) is 0 Å². The molecule has 0 heterocycles. The van der Waals surface area contributed by atoms with Crippen LogP contribution in [0.15, 0.2) is 78.9 Å². The van der Waals surface area contributed by atoms with Crippen molar-refractivity contribution in [1.29, 1.82) is 0 Å². The molecule has 3 aromatic carbocycles. The maximum Gasteiger partial charge on any atom is 0.255 e. The van der Waals surface area contributed by atoms with E-state index in [1.54, 1.807) is 55.6 Å². The van der Waals surface area contributed by atoms with Crippen molar-refractivity contribution in [2.75, 3.05) is 24.4 Å². The average Bonchev–Trinajstić information content (AvgIpc) is 2.78. The Labute approximate surface area is 175 Å². The second kappa shape index (κ2) is 10.8.